The maximum Gasteiger partial charge on any atom is 0.418 e. The molecular weight excluding hydrogens is 283 g/mol. The first-order valence-corrected chi connectivity index (χ1v) is 7.16. The van der Waals surface area contributed by atoms with Crippen molar-refractivity contribution in [1.29, 1.82) is 0 Å². The number of halogens is 3. The first kappa shape index (κ1) is 16.1. The van der Waals surface area contributed by atoms with Crippen LogP contribution in [0.2, 0.25) is 0 Å². The molecule has 1 aromatic rings. The first-order valence-electron chi connectivity index (χ1n) is 7.16. The van der Waals surface area contributed by atoms with Gasteiger partial charge in [0.25, 0.3) is 0 Å². The van der Waals surface area contributed by atoms with Crippen molar-refractivity contribution < 1.29 is 23.4 Å². The van der Waals surface area contributed by atoms with Gasteiger partial charge in [-0.3, -0.25) is 0 Å². The maximum atomic E-state index is 13.2. The van der Waals surface area contributed by atoms with Crippen LogP contribution in [0.5, 0.6) is 0 Å². The molecule has 0 aromatic heterocycles. The fraction of sp³-hybridized carbons (Fsp3) is 0.600. The Bertz CT molecular complexity index is 476. The number of alkyl halides is 3. The predicted molar refractivity (Wildman–Crippen MR) is 74.1 cm³/mol. The largest absolute Gasteiger partial charge is 0.418 e. The summed E-state index contributed by atoms with van der Waals surface area (Å²) in [5.41, 5.74) is -0.248. The van der Waals surface area contributed by atoms with Crippen molar-refractivity contribution in [2.24, 2.45) is 0 Å². The lowest BCUT2D eigenvalue weighted by atomic mass is 10.0. The van der Waals surface area contributed by atoms with Crippen molar-refractivity contribution in [3.8, 4) is 0 Å². The topological polar surface area (TPSA) is 43.7 Å². The molecule has 1 aliphatic rings. The van der Waals surface area contributed by atoms with E-state index in [1.54, 1.807) is 4.90 Å². The minimum atomic E-state index is -4.44. The number of anilines is 1. The van der Waals surface area contributed by atoms with Crippen LogP contribution in [0.1, 0.15) is 36.8 Å². The summed E-state index contributed by atoms with van der Waals surface area (Å²) in [5.74, 6) is 0. The highest BCUT2D eigenvalue weighted by molar-refractivity contribution is 5.57. The van der Waals surface area contributed by atoms with Gasteiger partial charge in [-0.05, 0) is 43.4 Å². The van der Waals surface area contributed by atoms with Crippen LogP contribution in [-0.2, 0) is 12.8 Å². The monoisotopic (exact) mass is 303 g/mol. The molecule has 0 aliphatic carbocycles. The standard InChI is InChI=1S/C15H20F3NO2/c16-15(17,18)13-9-11(10-21)5-6-14(13)19-7-1-3-12(19)4-2-8-20/h5-6,9,12,20-21H,1-4,7-8,10H2. The number of hydrogen-bond donors (Lipinski definition) is 2. The second kappa shape index (κ2) is 6.66. The van der Waals surface area contributed by atoms with E-state index in [1.165, 1.54) is 12.1 Å². The summed E-state index contributed by atoms with van der Waals surface area (Å²) < 4.78 is 39.7. The van der Waals surface area contributed by atoms with Crippen LogP contribution < -0.4 is 4.90 Å². The average Bonchev–Trinajstić information content (AvgIpc) is 2.91. The summed E-state index contributed by atoms with van der Waals surface area (Å²) in [5, 5.41) is 18.0. The second-order valence-electron chi connectivity index (χ2n) is 5.36. The Morgan fingerprint density at radius 2 is 2.00 bits per heavy atom. The zero-order valence-electron chi connectivity index (χ0n) is 11.7. The van der Waals surface area contributed by atoms with Gasteiger partial charge in [0.15, 0.2) is 0 Å². The number of aliphatic hydroxyl groups excluding tert-OH is 2. The molecule has 21 heavy (non-hydrogen) atoms. The zero-order valence-corrected chi connectivity index (χ0v) is 11.7. The highest BCUT2D eigenvalue weighted by Crippen LogP contribution is 2.40. The normalized spacial score (nSPS) is 19.3. The lowest BCUT2D eigenvalue weighted by Crippen LogP contribution is -2.31. The lowest BCUT2D eigenvalue weighted by Gasteiger charge is -2.29. The van der Waals surface area contributed by atoms with E-state index in [1.807, 2.05) is 0 Å². The van der Waals surface area contributed by atoms with E-state index >= 15 is 0 Å². The van der Waals surface area contributed by atoms with Crippen LogP contribution in [-0.4, -0.2) is 29.4 Å². The van der Waals surface area contributed by atoms with E-state index < -0.39 is 18.3 Å². The highest BCUT2D eigenvalue weighted by atomic mass is 19.4. The quantitative estimate of drug-likeness (QED) is 0.879. The summed E-state index contributed by atoms with van der Waals surface area (Å²) in [6, 6.07) is 4.05. The van der Waals surface area contributed by atoms with Crippen LogP contribution >= 0.6 is 0 Å². The number of nitrogens with zero attached hydrogens (tertiary/aromatic N) is 1. The van der Waals surface area contributed by atoms with Gasteiger partial charge in [-0.1, -0.05) is 6.07 Å². The van der Waals surface area contributed by atoms with E-state index in [-0.39, 0.29) is 23.9 Å². The van der Waals surface area contributed by atoms with Gasteiger partial charge >= 0.3 is 6.18 Å². The predicted octanol–water partition coefficient (Wildman–Crippen LogP) is 2.94. The summed E-state index contributed by atoms with van der Waals surface area (Å²) in [7, 11) is 0. The maximum absolute atomic E-state index is 13.2. The molecule has 1 aromatic carbocycles. The summed E-state index contributed by atoms with van der Waals surface area (Å²) >= 11 is 0. The van der Waals surface area contributed by atoms with E-state index in [9.17, 15) is 13.2 Å². The van der Waals surface area contributed by atoms with E-state index in [4.69, 9.17) is 10.2 Å². The van der Waals surface area contributed by atoms with E-state index in [0.29, 0.717) is 19.4 Å². The molecule has 0 radical (unpaired) electrons. The molecule has 0 amide bonds. The molecular formula is C15H20F3NO2. The molecule has 0 saturated carbocycles. The molecule has 6 heteroatoms. The van der Waals surface area contributed by atoms with Crippen molar-refractivity contribution in [1.82, 2.24) is 0 Å². The zero-order chi connectivity index (χ0) is 15.5. The minimum Gasteiger partial charge on any atom is -0.396 e. The third-order valence-corrected chi connectivity index (χ3v) is 3.93. The van der Waals surface area contributed by atoms with Gasteiger partial charge in [-0.25, -0.2) is 0 Å². The van der Waals surface area contributed by atoms with Gasteiger partial charge in [0.1, 0.15) is 0 Å². The van der Waals surface area contributed by atoms with Crippen molar-refractivity contribution in [2.45, 2.75) is 44.5 Å². The Morgan fingerprint density at radius 1 is 1.24 bits per heavy atom. The molecule has 1 unspecified atom stereocenters. The lowest BCUT2D eigenvalue weighted by molar-refractivity contribution is -0.137. The fourth-order valence-corrected chi connectivity index (χ4v) is 2.94. The van der Waals surface area contributed by atoms with Crippen LogP contribution in [0.3, 0.4) is 0 Å². The molecule has 1 aliphatic heterocycles. The molecule has 1 fully saturated rings. The van der Waals surface area contributed by atoms with Crippen LogP contribution in [0.25, 0.3) is 0 Å². The molecule has 0 bridgehead atoms. The number of aliphatic hydroxyl groups is 2. The average molecular weight is 303 g/mol. The van der Waals surface area contributed by atoms with Crippen LogP contribution in [0, 0.1) is 0 Å². The van der Waals surface area contributed by atoms with Gasteiger partial charge in [-0.2, -0.15) is 13.2 Å². The summed E-state index contributed by atoms with van der Waals surface area (Å²) in [6.07, 6.45) is -1.45. The van der Waals surface area contributed by atoms with Gasteiger partial charge < -0.3 is 15.1 Å². The number of rotatable bonds is 5. The van der Waals surface area contributed by atoms with Crippen molar-refractivity contribution in [3.05, 3.63) is 29.3 Å². The molecule has 1 saturated heterocycles. The minimum absolute atomic E-state index is 0.0400. The van der Waals surface area contributed by atoms with Gasteiger partial charge in [0.2, 0.25) is 0 Å². The Morgan fingerprint density at radius 3 is 2.62 bits per heavy atom. The molecule has 3 nitrogen and oxygen atoms in total. The van der Waals surface area contributed by atoms with Gasteiger partial charge in [-0.15, -0.1) is 0 Å². The molecule has 118 valence electrons. The molecule has 1 heterocycles. The third-order valence-electron chi connectivity index (χ3n) is 3.93. The van der Waals surface area contributed by atoms with Crippen molar-refractivity contribution >= 4 is 5.69 Å². The third kappa shape index (κ3) is 3.68. The molecule has 2 rings (SSSR count). The Balaban J connectivity index is 2.33. The first-order chi connectivity index (χ1) is 9.97. The fourth-order valence-electron chi connectivity index (χ4n) is 2.94. The number of hydrogen-bond acceptors (Lipinski definition) is 3. The summed E-state index contributed by atoms with van der Waals surface area (Å²) in [6.45, 7) is 0.245. The van der Waals surface area contributed by atoms with Crippen molar-refractivity contribution in [2.75, 3.05) is 18.1 Å². The molecule has 1 atom stereocenters. The van der Waals surface area contributed by atoms with Gasteiger partial charge in [0.05, 0.1) is 12.2 Å². The number of benzene rings is 1. The SMILES string of the molecule is OCCCC1CCCN1c1ccc(CO)cc1C(F)(F)F. The second-order valence-corrected chi connectivity index (χ2v) is 5.36. The highest BCUT2D eigenvalue weighted by Gasteiger charge is 2.37. The van der Waals surface area contributed by atoms with Crippen molar-refractivity contribution in [3.63, 3.8) is 0 Å². The molecule has 0 spiro atoms. The molecule has 2 N–H and O–H groups in total. The Hall–Kier alpha value is -1.27. The Kier molecular flexibility index (Phi) is 5.11. The van der Waals surface area contributed by atoms with Crippen LogP contribution in [0.15, 0.2) is 18.2 Å². The smallest absolute Gasteiger partial charge is 0.396 e. The Labute approximate surface area is 122 Å². The van der Waals surface area contributed by atoms with E-state index in [2.05, 4.69) is 0 Å². The van der Waals surface area contributed by atoms with Gasteiger partial charge in [0, 0.05) is 24.9 Å². The summed E-state index contributed by atoms with van der Waals surface area (Å²) in [4.78, 5) is 1.79. The van der Waals surface area contributed by atoms with E-state index in [0.717, 1.165) is 18.9 Å². The van der Waals surface area contributed by atoms with Crippen LogP contribution in [0.4, 0.5) is 18.9 Å².